The Hall–Kier alpha value is -0.560. The van der Waals surface area contributed by atoms with Crippen molar-refractivity contribution in [3.05, 3.63) is 34.6 Å². The van der Waals surface area contributed by atoms with Gasteiger partial charge in [-0.15, -0.1) is 0 Å². The van der Waals surface area contributed by atoms with Crippen LogP contribution in [0.2, 0.25) is 5.02 Å². The summed E-state index contributed by atoms with van der Waals surface area (Å²) in [6, 6.07) is 4.30. The molecule has 62 valence electrons. The van der Waals surface area contributed by atoms with Gasteiger partial charge in [-0.2, -0.15) is 0 Å². The largest absolute Gasteiger partial charge is 0.207 e. The summed E-state index contributed by atoms with van der Waals surface area (Å²) < 4.78 is 12.3. The van der Waals surface area contributed by atoms with Crippen molar-refractivity contribution in [1.29, 1.82) is 0 Å². The molecule has 1 aromatic rings. The van der Waals surface area contributed by atoms with Crippen LogP contribution in [0.5, 0.6) is 0 Å². The molecule has 0 unspecified atom stereocenters. The van der Waals surface area contributed by atoms with Crippen molar-refractivity contribution in [3.8, 4) is 0 Å². The molecule has 0 radical (unpaired) electrons. The Kier molecular flexibility index (Phi) is 4.88. The van der Waals surface area contributed by atoms with E-state index in [0.29, 0.717) is 5.02 Å². The summed E-state index contributed by atoms with van der Waals surface area (Å²) in [5.74, 6) is -0.239. The second-order valence-electron chi connectivity index (χ2n) is 1.89. The Morgan fingerprint density at radius 3 is 2.18 bits per heavy atom. The molecule has 0 aromatic heterocycles. The Balaban J connectivity index is 0.000000461. The number of benzene rings is 1. The SMILES string of the molecule is CC.Cc1cc(F)ccc1Cl. The van der Waals surface area contributed by atoms with Crippen molar-refractivity contribution >= 4 is 11.6 Å². The maximum absolute atomic E-state index is 12.3. The number of halogens is 2. The Morgan fingerprint density at radius 2 is 1.82 bits per heavy atom. The lowest BCUT2D eigenvalue weighted by molar-refractivity contribution is 0.626. The highest BCUT2D eigenvalue weighted by atomic mass is 35.5. The quantitative estimate of drug-likeness (QED) is 0.561. The minimum atomic E-state index is -0.239. The molecule has 0 bridgehead atoms. The highest BCUT2D eigenvalue weighted by Gasteiger charge is 1.93. The van der Waals surface area contributed by atoms with Crippen LogP contribution >= 0.6 is 11.6 Å². The molecule has 0 spiro atoms. The standard InChI is InChI=1S/C7H6ClF.C2H6/c1-5-4-6(9)2-3-7(5)8;1-2/h2-4H,1H3;1-2H3. The first-order valence-corrected chi connectivity index (χ1v) is 3.99. The average molecular weight is 175 g/mol. The summed E-state index contributed by atoms with van der Waals surface area (Å²) in [6.45, 7) is 5.77. The minimum absolute atomic E-state index is 0.239. The molecule has 0 amide bonds. The van der Waals surface area contributed by atoms with Crippen molar-refractivity contribution < 1.29 is 4.39 Å². The molecule has 0 saturated heterocycles. The van der Waals surface area contributed by atoms with Crippen LogP contribution in [0.25, 0.3) is 0 Å². The van der Waals surface area contributed by atoms with Crippen molar-refractivity contribution in [3.63, 3.8) is 0 Å². The van der Waals surface area contributed by atoms with Gasteiger partial charge in [-0.1, -0.05) is 25.4 Å². The summed E-state index contributed by atoms with van der Waals surface area (Å²) in [7, 11) is 0. The fraction of sp³-hybridized carbons (Fsp3) is 0.333. The molecule has 1 aromatic carbocycles. The predicted octanol–water partition coefficient (Wildman–Crippen LogP) is 3.81. The maximum Gasteiger partial charge on any atom is 0.123 e. The average Bonchev–Trinajstić information content (AvgIpc) is 2.02. The Morgan fingerprint density at radius 1 is 1.27 bits per heavy atom. The molecule has 0 heterocycles. The van der Waals surface area contributed by atoms with Crippen LogP contribution in [0.4, 0.5) is 4.39 Å². The molecule has 0 aliphatic carbocycles. The maximum atomic E-state index is 12.3. The fourth-order valence-electron chi connectivity index (χ4n) is 0.608. The van der Waals surface area contributed by atoms with Gasteiger partial charge in [0.25, 0.3) is 0 Å². The summed E-state index contributed by atoms with van der Waals surface area (Å²) >= 11 is 5.61. The van der Waals surface area contributed by atoms with Gasteiger partial charge in [0, 0.05) is 5.02 Å². The van der Waals surface area contributed by atoms with E-state index < -0.39 is 0 Å². The van der Waals surface area contributed by atoms with E-state index in [1.165, 1.54) is 12.1 Å². The zero-order chi connectivity index (χ0) is 8.85. The molecule has 0 aliphatic rings. The zero-order valence-electron chi connectivity index (χ0n) is 6.99. The lowest BCUT2D eigenvalue weighted by Gasteiger charge is -1.93. The van der Waals surface area contributed by atoms with Crippen molar-refractivity contribution in [1.82, 2.24) is 0 Å². The molecule has 11 heavy (non-hydrogen) atoms. The van der Waals surface area contributed by atoms with Crippen LogP contribution in [0.15, 0.2) is 18.2 Å². The van der Waals surface area contributed by atoms with Gasteiger partial charge in [0.15, 0.2) is 0 Å². The van der Waals surface area contributed by atoms with Gasteiger partial charge >= 0.3 is 0 Å². The number of rotatable bonds is 0. The third kappa shape index (κ3) is 3.38. The Bertz CT molecular complexity index is 221. The lowest BCUT2D eigenvalue weighted by atomic mass is 10.2. The van der Waals surface area contributed by atoms with E-state index >= 15 is 0 Å². The third-order valence-electron chi connectivity index (χ3n) is 1.12. The smallest absolute Gasteiger partial charge is 0.123 e. The van der Waals surface area contributed by atoms with Crippen LogP contribution in [-0.2, 0) is 0 Å². The topological polar surface area (TPSA) is 0 Å². The first-order chi connectivity index (χ1) is 5.20. The van der Waals surface area contributed by atoms with Crippen molar-refractivity contribution in [2.24, 2.45) is 0 Å². The van der Waals surface area contributed by atoms with Gasteiger partial charge in [0.1, 0.15) is 5.82 Å². The minimum Gasteiger partial charge on any atom is -0.207 e. The van der Waals surface area contributed by atoms with Gasteiger partial charge < -0.3 is 0 Å². The molecule has 0 fully saturated rings. The normalized spacial score (nSPS) is 8.45. The summed E-state index contributed by atoms with van der Waals surface area (Å²) in [5.41, 5.74) is 0.775. The van der Waals surface area contributed by atoms with Crippen LogP contribution in [0, 0.1) is 12.7 Å². The molecular formula is C9H12ClF. The fourth-order valence-corrected chi connectivity index (χ4v) is 0.726. The Labute approximate surface area is 72.0 Å². The second kappa shape index (κ2) is 5.14. The highest BCUT2D eigenvalue weighted by molar-refractivity contribution is 6.31. The zero-order valence-corrected chi connectivity index (χ0v) is 7.74. The van der Waals surface area contributed by atoms with E-state index in [1.54, 1.807) is 13.0 Å². The van der Waals surface area contributed by atoms with Crippen LogP contribution in [-0.4, -0.2) is 0 Å². The van der Waals surface area contributed by atoms with E-state index in [-0.39, 0.29) is 5.82 Å². The number of aryl methyl sites for hydroxylation is 1. The van der Waals surface area contributed by atoms with Gasteiger partial charge in [0.05, 0.1) is 0 Å². The van der Waals surface area contributed by atoms with E-state index in [0.717, 1.165) is 5.56 Å². The second-order valence-corrected chi connectivity index (χ2v) is 2.30. The van der Waals surface area contributed by atoms with Gasteiger partial charge in [-0.3, -0.25) is 0 Å². The van der Waals surface area contributed by atoms with Gasteiger partial charge in [-0.05, 0) is 30.7 Å². The van der Waals surface area contributed by atoms with Gasteiger partial charge in [-0.25, -0.2) is 4.39 Å². The molecular weight excluding hydrogens is 163 g/mol. The molecule has 0 N–H and O–H groups in total. The molecule has 0 saturated carbocycles. The highest BCUT2D eigenvalue weighted by Crippen LogP contribution is 2.14. The van der Waals surface area contributed by atoms with E-state index in [1.807, 2.05) is 13.8 Å². The number of hydrogen-bond donors (Lipinski definition) is 0. The van der Waals surface area contributed by atoms with Crippen LogP contribution < -0.4 is 0 Å². The summed E-state index contributed by atoms with van der Waals surface area (Å²) in [6.07, 6.45) is 0. The summed E-state index contributed by atoms with van der Waals surface area (Å²) in [5, 5.41) is 0.608. The van der Waals surface area contributed by atoms with Crippen LogP contribution in [0.1, 0.15) is 19.4 Å². The number of hydrogen-bond acceptors (Lipinski definition) is 0. The third-order valence-corrected chi connectivity index (χ3v) is 1.54. The molecule has 0 aliphatic heterocycles. The monoisotopic (exact) mass is 174 g/mol. The summed E-state index contributed by atoms with van der Waals surface area (Å²) in [4.78, 5) is 0. The van der Waals surface area contributed by atoms with E-state index in [9.17, 15) is 4.39 Å². The molecule has 0 nitrogen and oxygen atoms in total. The van der Waals surface area contributed by atoms with Crippen molar-refractivity contribution in [2.45, 2.75) is 20.8 Å². The first kappa shape index (κ1) is 10.4. The molecule has 0 atom stereocenters. The first-order valence-electron chi connectivity index (χ1n) is 3.62. The lowest BCUT2D eigenvalue weighted by Crippen LogP contribution is -1.76. The van der Waals surface area contributed by atoms with Gasteiger partial charge in [0.2, 0.25) is 0 Å². The van der Waals surface area contributed by atoms with E-state index in [2.05, 4.69) is 0 Å². The van der Waals surface area contributed by atoms with E-state index in [4.69, 9.17) is 11.6 Å². The predicted molar refractivity (Wildman–Crippen MR) is 47.5 cm³/mol. The van der Waals surface area contributed by atoms with Crippen molar-refractivity contribution in [2.75, 3.05) is 0 Å². The van der Waals surface area contributed by atoms with Crippen LogP contribution in [0.3, 0.4) is 0 Å². The molecule has 1 rings (SSSR count). The molecule has 2 heteroatoms.